The van der Waals surface area contributed by atoms with Crippen LogP contribution in [0.4, 0.5) is 4.79 Å². The van der Waals surface area contributed by atoms with Crippen LogP contribution in [0.3, 0.4) is 0 Å². The summed E-state index contributed by atoms with van der Waals surface area (Å²) in [5, 5.41) is 13.1. The molecule has 7 rings (SSSR count). The largest absolute Gasteiger partial charge is 0.489 e. The summed E-state index contributed by atoms with van der Waals surface area (Å²) in [6.07, 6.45) is 6.26. The molecule has 11 heteroatoms. The second kappa shape index (κ2) is 13.7. The minimum atomic E-state index is -0.456. The standard InChI is InChI=1S/C42H53ClN6O4/c1-39(2,3)53-38(51)47-20-17-42(18-21-47)25-48(26-42)30-12-9-28(10-13-30)45-19-16-29-11-15-32-34(46-29)24-49(35(32)50)36-40(4,5)37(41(36,6)7)52-31-14-8-27(23-44)33(43)22-31/h8,11,14-15,22,28,30,36-37,45H,9-10,12-13,17-18,20-21,24-26H2,1-7H3/t28?,30?,36-,37-. The number of hydrogen-bond donors (Lipinski definition) is 1. The Morgan fingerprint density at radius 3 is 2.32 bits per heavy atom. The maximum absolute atomic E-state index is 13.7. The minimum absolute atomic E-state index is 0.00714. The normalized spacial score (nSPS) is 27.0. The number of pyridine rings is 1. The number of aromatic nitrogens is 1. The first-order chi connectivity index (χ1) is 25.0. The SMILES string of the molecule is CC(C)(C)OC(=O)N1CCC2(CC1)CN(C1CCC(NC#Cc3ccc4c(n3)CN([C@H]3C(C)(C)[C@H](Oc5ccc(C#N)c(Cl)c5)C3(C)C)C4=O)CC1)C2. The number of fused-ring (bicyclic) bond motifs is 1. The van der Waals surface area contributed by atoms with Crippen molar-refractivity contribution < 1.29 is 19.1 Å². The zero-order valence-corrected chi connectivity index (χ0v) is 33.0. The van der Waals surface area contributed by atoms with Gasteiger partial charge in [0.2, 0.25) is 0 Å². The number of nitrogens with one attached hydrogen (secondary N) is 1. The van der Waals surface area contributed by atoms with Crippen molar-refractivity contribution in [1.29, 1.82) is 5.26 Å². The number of nitriles is 1. The molecule has 1 spiro atoms. The van der Waals surface area contributed by atoms with Gasteiger partial charge in [-0.2, -0.15) is 5.26 Å². The second-order valence-corrected chi connectivity index (χ2v) is 18.6. The highest BCUT2D eigenvalue weighted by molar-refractivity contribution is 6.31. The molecule has 3 aliphatic heterocycles. The van der Waals surface area contributed by atoms with E-state index in [2.05, 4.69) is 55.9 Å². The fraction of sp³-hybridized carbons (Fsp3) is 0.619. The molecule has 2 aliphatic carbocycles. The summed E-state index contributed by atoms with van der Waals surface area (Å²) in [4.78, 5) is 37.5. The zero-order chi connectivity index (χ0) is 37.9. The molecule has 2 saturated heterocycles. The van der Waals surface area contributed by atoms with E-state index in [0.717, 1.165) is 70.4 Å². The molecule has 1 aromatic carbocycles. The van der Waals surface area contributed by atoms with Crippen LogP contribution >= 0.6 is 11.6 Å². The number of nitrogens with zero attached hydrogens (tertiary/aromatic N) is 5. The second-order valence-electron chi connectivity index (χ2n) is 18.2. The third-order valence-electron chi connectivity index (χ3n) is 12.4. The van der Waals surface area contributed by atoms with Crippen LogP contribution in [0.15, 0.2) is 30.3 Å². The average molecular weight is 741 g/mol. The third-order valence-corrected chi connectivity index (χ3v) is 12.7. The molecule has 5 aliphatic rings. The molecule has 4 heterocycles. The molecule has 10 nitrogen and oxygen atoms in total. The Kier molecular flexibility index (Phi) is 9.65. The van der Waals surface area contributed by atoms with Crippen LogP contribution in [0.5, 0.6) is 5.75 Å². The molecule has 0 unspecified atom stereocenters. The lowest BCUT2D eigenvalue weighted by atomic mass is 9.49. The number of hydrogen-bond acceptors (Lipinski definition) is 8. The van der Waals surface area contributed by atoms with Gasteiger partial charge in [-0.15, -0.1) is 0 Å². The monoisotopic (exact) mass is 740 g/mol. The molecule has 2 saturated carbocycles. The minimum Gasteiger partial charge on any atom is -0.489 e. The van der Waals surface area contributed by atoms with E-state index in [1.807, 2.05) is 42.7 Å². The maximum Gasteiger partial charge on any atom is 0.410 e. The first-order valence-electron chi connectivity index (χ1n) is 19.2. The zero-order valence-electron chi connectivity index (χ0n) is 32.2. The quantitative estimate of drug-likeness (QED) is 0.258. The van der Waals surface area contributed by atoms with Crippen molar-refractivity contribution in [3.63, 3.8) is 0 Å². The Morgan fingerprint density at radius 2 is 1.70 bits per heavy atom. The van der Waals surface area contributed by atoms with Gasteiger partial charge in [-0.05, 0) is 94.9 Å². The molecule has 53 heavy (non-hydrogen) atoms. The van der Waals surface area contributed by atoms with Crippen LogP contribution in [0.25, 0.3) is 0 Å². The van der Waals surface area contributed by atoms with Crippen molar-refractivity contribution in [2.45, 2.75) is 123 Å². The van der Waals surface area contributed by atoms with E-state index in [1.54, 1.807) is 18.2 Å². The first-order valence-corrected chi connectivity index (χ1v) is 19.5. The van der Waals surface area contributed by atoms with Crippen LogP contribution in [-0.2, 0) is 11.3 Å². The number of piperidine rings is 1. The fourth-order valence-corrected chi connectivity index (χ4v) is 10.4. The lowest BCUT2D eigenvalue weighted by Gasteiger charge is -2.65. The van der Waals surface area contributed by atoms with E-state index in [9.17, 15) is 14.9 Å². The van der Waals surface area contributed by atoms with Gasteiger partial charge in [-0.3, -0.25) is 9.69 Å². The summed E-state index contributed by atoms with van der Waals surface area (Å²) in [7, 11) is 0. The van der Waals surface area contributed by atoms with Crippen molar-refractivity contribution in [2.75, 3.05) is 26.2 Å². The number of carbonyl (C=O) groups is 2. The van der Waals surface area contributed by atoms with Crippen molar-refractivity contribution in [2.24, 2.45) is 16.2 Å². The van der Waals surface area contributed by atoms with Gasteiger partial charge in [0.05, 0.1) is 28.4 Å². The number of carbonyl (C=O) groups excluding carboxylic acids is 2. The summed E-state index contributed by atoms with van der Waals surface area (Å²) in [5.74, 6) is 3.81. The van der Waals surface area contributed by atoms with Crippen LogP contribution in [0.2, 0.25) is 5.02 Å². The molecule has 2 aromatic rings. The summed E-state index contributed by atoms with van der Waals surface area (Å²) in [6.45, 7) is 18.6. The Hall–Kier alpha value is -3.99. The Morgan fingerprint density at radius 1 is 1.02 bits per heavy atom. The van der Waals surface area contributed by atoms with Crippen molar-refractivity contribution in [3.05, 3.63) is 57.9 Å². The van der Waals surface area contributed by atoms with Gasteiger partial charge in [0, 0.05) is 67.2 Å². The highest BCUT2D eigenvalue weighted by Crippen LogP contribution is 2.59. The molecule has 0 bridgehead atoms. The van der Waals surface area contributed by atoms with Crippen LogP contribution in [-0.4, -0.2) is 87.7 Å². The summed E-state index contributed by atoms with van der Waals surface area (Å²) in [5.41, 5.74) is 1.69. The molecule has 1 aromatic heterocycles. The van der Waals surface area contributed by atoms with Gasteiger partial charge in [0.1, 0.15) is 29.2 Å². The van der Waals surface area contributed by atoms with Gasteiger partial charge < -0.3 is 24.6 Å². The van der Waals surface area contributed by atoms with Crippen LogP contribution < -0.4 is 10.1 Å². The number of benzene rings is 1. The van der Waals surface area contributed by atoms with E-state index in [4.69, 9.17) is 26.1 Å². The Balaban J connectivity index is 0.879. The molecule has 4 fully saturated rings. The van der Waals surface area contributed by atoms with Crippen LogP contribution in [0, 0.1) is 39.5 Å². The number of rotatable bonds is 5. The predicted molar refractivity (Wildman–Crippen MR) is 203 cm³/mol. The average Bonchev–Trinajstić information content (AvgIpc) is 3.39. The van der Waals surface area contributed by atoms with Gasteiger partial charge in [-0.25, -0.2) is 9.78 Å². The Bertz CT molecular complexity index is 1850. The maximum atomic E-state index is 13.7. The first kappa shape index (κ1) is 37.3. The number of amides is 2. The van der Waals surface area contributed by atoms with Crippen molar-refractivity contribution >= 4 is 23.6 Å². The van der Waals surface area contributed by atoms with E-state index in [-0.39, 0.29) is 35.0 Å². The summed E-state index contributed by atoms with van der Waals surface area (Å²) < 4.78 is 12.0. The highest BCUT2D eigenvalue weighted by atomic mass is 35.5. The summed E-state index contributed by atoms with van der Waals surface area (Å²) in [6, 6.07) is 15.0. The fourth-order valence-electron chi connectivity index (χ4n) is 10.2. The topological polar surface area (TPSA) is 111 Å². The van der Waals surface area contributed by atoms with E-state index < -0.39 is 5.60 Å². The summed E-state index contributed by atoms with van der Waals surface area (Å²) >= 11 is 6.28. The molecular formula is C42H53ClN6O4. The van der Waals surface area contributed by atoms with Crippen molar-refractivity contribution in [1.82, 2.24) is 25.0 Å². The van der Waals surface area contributed by atoms with Gasteiger partial charge in [0.15, 0.2) is 0 Å². The van der Waals surface area contributed by atoms with Crippen LogP contribution in [0.1, 0.15) is 114 Å². The molecule has 1 N–H and O–H groups in total. The lowest BCUT2D eigenvalue weighted by molar-refractivity contribution is -0.199. The third kappa shape index (κ3) is 7.18. The Labute approximate surface area is 319 Å². The molecule has 2 amide bonds. The lowest BCUT2D eigenvalue weighted by Crippen LogP contribution is -2.74. The molecular weight excluding hydrogens is 688 g/mol. The molecule has 282 valence electrons. The van der Waals surface area contributed by atoms with Gasteiger partial charge >= 0.3 is 6.09 Å². The van der Waals surface area contributed by atoms with E-state index in [1.165, 1.54) is 0 Å². The number of ether oxygens (including phenoxy) is 2. The van der Waals surface area contributed by atoms with E-state index >= 15 is 0 Å². The van der Waals surface area contributed by atoms with Crippen molar-refractivity contribution in [3.8, 4) is 23.8 Å². The smallest absolute Gasteiger partial charge is 0.410 e. The highest BCUT2D eigenvalue weighted by Gasteiger charge is 2.67. The predicted octanol–water partition coefficient (Wildman–Crippen LogP) is 6.99. The molecule has 0 radical (unpaired) electrons. The number of halogens is 1. The number of likely N-dealkylation sites (tertiary alicyclic amines) is 2. The van der Waals surface area contributed by atoms with E-state index in [0.29, 0.717) is 51.6 Å². The van der Waals surface area contributed by atoms with Gasteiger partial charge in [0.25, 0.3) is 5.91 Å². The molecule has 0 atom stereocenters. The van der Waals surface area contributed by atoms with Gasteiger partial charge in [-0.1, -0.05) is 39.3 Å².